The van der Waals surface area contributed by atoms with Gasteiger partial charge in [-0.1, -0.05) is 32.1 Å². The molecule has 0 spiro atoms. The third-order valence-corrected chi connectivity index (χ3v) is 3.50. The van der Waals surface area contributed by atoms with Crippen molar-refractivity contribution in [2.45, 2.75) is 51.3 Å². The van der Waals surface area contributed by atoms with Crippen molar-refractivity contribution in [1.29, 1.82) is 0 Å². The Morgan fingerprint density at radius 1 is 1.14 bits per heavy atom. The van der Waals surface area contributed by atoms with Crippen LogP contribution in [0, 0.1) is 0 Å². The van der Waals surface area contributed by atoms with Crippen LogP contribution in [0.25, 0.3) is 0 Å². The van der Waals surface area contributed by atoms with E-state index in [1.807, 2.05) is 6.92 Å². The summed E-state index contributed by atoms with van der Waals surface area (Å²) in [6.45, 7) is 8.26. The number of aliphatic hydroxyl groups excluding tert-OH is 1. The summed E-state index contributed by atoms with van der Waals surface area (Å²) in [7, 11) is 0. The molecule has 1 aromatic rings. The molecule has 126 valence electrons. The van der Waals surface area contributed by atoms with Gasteiger partial charge in [-0.2, -0.15) is 13.2 Å². The van der Waals surface area contributed by atoms with Gasteiger partial charge < -0.3 is 5.11 Å². The summed E-state index contributed by atoms with van der Waals surface area (Å²) in [6.07, 6.45) is -7.41. The number of alkyl halides is 5. The highest BCUT2D eigenvalue weighted by atomic mass is 19.4. The van der Waals surface area contributed by atoms with E-state index in [2.05, 4.69) is 6.58 Å². The number of hydrogen-bond acceptors (Lipinski definition) is 1. The second kappa shape index (κ2) is 8.27. The van der Waals surface area contributed by atoms with Gasteiger partial charge in [0.2, 0.25) is 0 Å². The molecule has 0 aliphatic heterocycles. The summed E-state index contributed by atoms with van der Waals surface area (Å²) in [4.78, 5) is 0. The van der Waals surface area contributed by atoms with E-state index >= 15 is 0 Å². The molecule has 22 heavy (non-hydrogen) atoms. The van der Waals surface area contributed by atoms with Crippen molar-refractivity contribution in [3.05, 3.63) is 48.0 Å². The minimum atomic E-state index is -4.47. The quantitative estimate of drug-likeness (QED) is 0.597. The van der Waals surface area contributed by atoms with Crippen LogP contribution in [0.3, 0.4) is 0 Å². The van der Waals surface area contributed by atoms with E-state index in [9.17, 15) is 27.1 Å². The third-order valence-electron chi connectivity index (χ3n) is 3.50. The average molecular weight is 324 g/mol. The Morgan fingerprint density at radius 2 is 1.50 bits per heavy atom. The molecule has 1 rings (SSSR count). The van der Waals surface area contributed by atoms with E-state index in [1.54, 1.807) is 13.0 Å². The molecule has 1 aromatic carbocycles. The summed E-state index contributed by atoms with van der Waals surface area (Å²) in [5.74, 6) is 0. The van der Waals surface area contributed by atoms with Crippen LogP contribution in [-0.2, 0) is 11.6 Å². The fraction of sp³-hybridized carbons (Fsp3) is 0.500. The smallest absolute Gasteiger partial charge is 0.386 e. The Morgan fingerprint density at radius 3 is 1.77 bits per heavy atom. The minimum Gasteiger partial charge on any atom is -0.386 e. The average Bonchev–Trinajstić information content (AvgIpc) is 2.45. The fourth-order valence-electron chi connectivity index (χ4n) is 1.90. The molecule has 1 nitrogen and oxygen atoms in total. The Bertz CT molecular complexity index is 453. The highest BCUT2D eigenvalue weighted by Crippen LogP contribution is 2.36. The minimum absolute atomic E-state index is 0.184. The first-order chi connectivity index (χ1) is 10.0. The molecule has 0 bridgehead atoms. The largest absolute Gasteiger partial charge is 0.416 e. The maximum Gasteiger partial charge on any atom is 0.416 e. The molecule has 0 heterocycles. The lowest BCUT2D eigenvalue weighted by atomic mass is 9.75. The van der Waals surface area contributed by atoms with Crippen LogP contribution in [0.1, 0.15) is 38.3 Å². The number of rotatable bonds is 4. The molecule has 0 saturated heterocycles. The zero-order valence-electron chi connectivity index (χ0n) is 12.8. The monoisotopic (exact) mass is 324 g/mol. The van der Waals surface area contributed by atoms with E-state index in [1.165, 1.54) is 6.92 Å². The molecule has 2 unspecified atom stereocenters. The molecule has 1 N–H and O–H groups in total. The molecule has 0 aliphatic rings. The predicted octanol–water partition coefficient (Wildman–Crippen LogP) is 5.19. The normalized spacial score (nSPS) is 15.5. The highest BCUT2D eigenvalue weighted by Gasteiger charge is 2.39. The standard InChI is InChI=1S/C13H15F5O.C3H6/c1-3-12(2,10(19)11(14)15)8-4-6-9(7-5-8)13(16,17)18;1-3-2/h4-7,10-11,19H,3H2,1-2H3;3H,1H2,2H3. The highest BCUT2D eigenvalue weighted by molar-refractivity contribution is 5.31. The van der Waals surface area contributed by atoms with Gasteiger partial charge in [0.25, 0.3) is 6.43 Å². The zero-order valence-corrected chi connectivity index (χ0v) is 12.8. The van der Waals surface area contributed by atoms with E-state index < -0.39 is 29.7 Å². The van der Waals surface area contributed by atoms with Crippen LogP contribution in [0.2, 0.25) is 0 Å². The maximum absolute atomic E-state index is 12.6. The maximum atomic E-state index is 12.6. The lowest BCUT2D eigenvalue weighted by Gasteiger charge is -2.33. The van der Waals surface area contributed by atoms with E-state index in [-0.39, 0.29) is 12.0 Å². The fourth-order valence-corrected chi connectivity index (χ4v) is 1.90. The molecule has 6 heteroatoms. The molecule has 0 fully saturated rings. The molecule has 0 radical (unpaired) electrons. The van der Waals surface area contributed by atoms with Crippen LogP contribution in [0.5, 0.6) is 0 Å². The molecule has 2 atom stereocenters. The summed E-state index contributed by atoms with van der Waals surface area (Å²) < 4.78 is 62.5. The van der Waals surface area contributed by atoms with Crippen LogP contribution < -0.4 is 0 Å². The number of aliphatic hydroxyl groups is 1. The number of hydrogen-bond donors (Lipinski definition) is 1. The predicted molar refractivity (Wildman–Crippen MR) is 77.0 cm³/mol. The Hall–Kier alpha value is -1.43. The summed E-state index contributed by atoms with van der Waals surface area (Å²) in [5.41, 5.74) is -1.87. The molecular formula is C16H21F5O. The number of benzene rings is 1. The van der Waals surface area contributed by atoms with Gasteiger partial charge in [0, 0.05) is 5.41 Å². The van der Waals surface area contributed by atoms with Crippen molar-refractivity contribution in [3.8, 4) is 0 Å². The second-order valence-corrected chi connectivity index (χ2v) is 5.03. The third kappa shape index (κ3) is 5.09. The Balaban J connectivity index is 0.00000135. The summed E-state index contributed by atoms with van der Waals surface area (Å²) in [5, 5.41) is 9.56. The first kappa shape index (κ1) is 20.6. The Kier molecular flexibility index (Phi) is 7.73. The van der Waals surface area contributed by atoms with Crippen LogP contribution in [0.15, 0.2) is 36.9 Å². The Labute approximate surface area is 127 Å². The van der Waals surface area contributed by atoms with Crippen molar-refractivity contribution in [1.82, 2.24) is 0 Å². The zero-order chi connectivity index (χ0) is 17.6. The van der Waals surface area contributed by atoms with E-state index in [4.69, 9.17) is 0 Å². The lowest BCUT2D eigenvalue weighted by molar-refractivity contribution is -0.137. The van der Waals surface area contributed by atoms with Gasteiger partial charge in [0.05, 0.1) is 5.56 Å². The van der Waals surface area contributed by atoms with Gasteiger partial charge in [-0.25, -0.2) is 8.78 Å². The van der Waals surface area contributed by atoms with Gasteiger partial charge in [0.1, 0.15) is 6.10 Å². The molecule has 0 aromatic heterocycles. The molecule has 0 amide bonds. The van der Waals surface area contributed by atoms with Crippen molar-refractivity contribution in [2.75, 3.05) is 0 Å². The molecule has 0 aliphatic carbocycles. The molecular weight excluding hydrogens is 303 g/mol. The van der Waals surface area contributed by atoms with Gasteiger partial charge >= 0.3 is 6.18 Å². The molecule has 0 saturated carbocycles. The van der Waals surface area contributed by atoms with Crippen molar-refractivity contribution in [3.63, 3.8) is 0 Å². The van der Waals surface area contributed by atoms with Crippen LogP contribution in [-0.4, -0.2) is 17.6 Å². The van der Waals surface area contributed by atoms with Gasteiger partial charge in [0.15, 0.2) is 0 Å². The first-order valence-electron chi connectivity index (χ1n) is 6.75. The van der Waals surface area contributed by atoms with Gasteiger partial charge in [-0.15, -0.1) is 6.58 Å². The van der Waals surface area contributed by atoms with E-state index in [0.29, 0.717) is 0 Å². The van der Waals surface area contributed by atoms with Crippen molar-refractivity contribution < 1.29 is 27.1 Å². The first-order valence-corrected chi connectivity index (χ1v) is 6.75. The number of halogens is 5. The number of allylic oxidation sites excluding steroid dienone is 1. The van der Waals surface area contributed by atoms with Crippen LogP contribution >= 0.6 is 0 Å². The SMILES string of the molecule is C=CC.CCC(C)(c1ccc(C(F)(F)F)cc1)C(O)C(F)F. The summed E-state index contributed by atoms with van der Waals surface area (Å²) in [6, 6.07) is 3.94. The van der Waals surface area contributed by atoms with E-state index in [0.717, 1.165) is 24.3 Å². The topological polar surface area (TPSA) is 20.2 Å². The van der Waals surface area contributed by atoms with Gasteiger partial charge in [-0.3, -0.25) is 0 Å². The second-order valence-electron chi connectivity index (χ2n) is 5.03. The van der Waals surface area contributed by atoms with Gasteiger partial charge in [-0.05, 0) is 31.0 Å². The van der Waals surface area contributed by atoms with Crippen molar-refractivity contribution >= 4 is 0 Å². The van der Waals surface area contributed by atoms with Crippen LogP contribution in [0.4, 0.5) is 22.0 Å². The lowest BCUT2D eigenvalue weighted by Crippen LogP contribution is -2.41. The van der Waals surface area contributed by atoms with Crippen molar-refractivity contribution in [2.24, 2.45) is 0 Å². The summed E-state index contributed by atoms with van der Waals surface area (Å²) >= 11 is 0.